The summed E-state index contributed by atoms with van der Waals surface area (Å²) in [5, 5.41) is 11.7. The molecule has 0 spiro atoms. The maximum absolute atomic E-state index is 12.8. The molecule has 0 aliphatic carbocycles. The topological polar surface area (TPSA) is 102 Å². The summed E-state index contributed by atoms with van der Waals surface area (Å²) in [6.07, 6.45) is 53.1. The van der Waals surface area contributed by atoms with Crippen molar-refractivity contribution < 1.29 is 38.2 Å². The van der Waals surface area contributed by atoms with Gasteiger partial charge in [-0.3, -0.25) is 9.59 Å². The Balaban J connectivity index is 4.25. The van der Waals surface area contributed by atoms with Gasteiger partial charge in [-0.1, -0.05) is 192 Å². The SMILES string of the molecule is CCCCCC/C=C/C=C/CCCCCCCCCCCCC(=O)OC(COCCC(C(=O)[O-])[N+](C)(C)C)COC(=O)CCCCCCC/C=C/CCCCCCCCCCC. The lowest BCUT2D eigenvalue weighted by molar-refractivity contribution is -0.889. The van der Waals surface area contributed by atoms with Crippen molar-refractivity contribution >= 4 is 17.9 Å². The number of nitrogens with zero attached hydrogens (tertiary/aromatic N) is 1. The van der Waals surface area contributed by atoms with Crippen LogP contribution in [0.2, 0.25) is 0 Å². The normalized spacial score (nSPS) is 13.1. The van der Waals surface area contributed by atoms with E-state index in [0.29, 0.717) is 12.8 Å². The number of carbonyl (C=O) groups excluding carboxylic acids is 3. The predicted octanol–water partition coefficient (Wildman–Crippen LogP) is 13.6. The van der Waals surface area contributed by atoms with Crippen LogP contribution in [0.4, 0.5) is 0 Å². The molecule has 0 bridgehead atoms. The fourth-order valence-electron chi connectivity index (χ4n) is 7.70. The van der Waals surface area contributed by atoms with Crippen molar-refractivity contribution in [3.05, 3.63) is 36.5 Å². The first-order chi connectivity index (χ1) is 30.1. The molecule has 0 heterocycles. The van der Waals surface area contributed by atoms with Crippen LogP contribution in [0.3, 0.4) is 0 Å². The number of carbonyl (C=O) groups is 3. The Bertz CT molecular complexity index is 1110. The van der Waals surface area contributed by atoms with Gasteiger partial charge in [0.05, 0.1) is 40.3 Å². The van der Waals surface area contributed by atoms with E-state index in [2.05, 4.69) is 50.3 Å². The minimum Gasteiger partial charge on any atom is -0.544 e. The molecule has 2 unspecified atom stereocenters. The summed E-state index contributed by atoms with van der Waals surface area (Å²) in [6, 6.07) is -0.727. The van der Waals surface area contributed by atoms with Crippen LogP contribution in [-0.2, 0) is 28.6 Å². The van der Waals surface area contributed by atoms with E-state index < -0.39 is 18.1 Å². The first kappa shape index (κ1) is 59.5. The van der Waals surface area contributed by atoms with Crippen molar-refractivity contribution in [1.29, 1.82) is 0 Å². The smallest absolute Gasteiger partial charge is 0.306 e. The Kier molecular flexibility index (Phi) is 43.3. The van der Waals surface area contributed by atoms with Crippen molar-refractivity contribution in [3.8, 4) is 0 Å². The quantitative estimate of drug-likeness (QED) is 0.0197. The van der Waals surface area contributed by atoms with Crippen molar-refractivity contribution in [3.63, 3.8) is 0 Å². The van der Waals surface area contributed by atoms with E-state index in [1.165, 1.54) is 154 Å². The van der Waals surface area contributed by atoms with E-state index in [-0.39, 0.29) is 42.7 Å². The monoisotopic (exact) mass is 874 g/mol. The number of quaternary nitrogens is 1. The zero-order valence-electron chi connectivity index (χ0n) is 41.3. The van der Waals surface area contributed by atoms with Crippen molar-refractivity contribution in [2.24, 2.45) is 0 Å². The highest BCUT2D eigenvalue weighted by atomic mass is 16.6. The van der Waals surface area contributed by atoms with E-state index >= 15 is 0 Å². The van der Waals surface area contributed by atoms with Gasteiger partial charge in [0, 0.05) is 19.3 Å². The fourth-order valence-corrected chi connectivity index (χ4v) is 7.70. The Hall–Kier alpha value is -2.45. The zero-order valence-corrected chi connectivity index (χ0v) is 41.3. The third-order valence-corrected chi connectivity index (χ3v) is 11.8. The van der Waals surface area contributed by atoms with Gasteiger partial charge >= 0.3 is 11.9 Å². The summed E-state index contributed by atoms with van der Waals surface area (Å²) >= 11 is 0. The second-order valence-corrected chi connectivity index (χ2v) is 18.8. The van der Waals surface area contributed by atoms with Gasteiger partial charge in [-0.15, -0.1) is 0 Å². The summed E-state index contributed by atoms with van der Waals surface area (Å²) in [5.74, 6) is -1.74. The van der Waals surface area contributed by atoms with Crippen LogP contribution in [0.1, 0.15) is 239 Å². The lowest BCUT2D eigenvalue weighted by atomic mass is 10.1. The minimum absolute atomic E-state index is 0.0386. The van der Waals surface area contributed by atoms with Gasteiger partial charge in [0.2, 0.25) is 0 Å². The number of hydrogen-bond donors (Lipinski definition) is 0. The van der Waals surface area contributed by atoms with Crippen LogP contribution in [0.25, 0.3) is 0 Å². The number of ether oxygens (including phenoxy) is 3. The molecule has 0 aromatic carbocycles. The van der Waals surface area contributed by atoms with Crippen LogP contribution in [-0.4, -0.2) is 75.5 Å². The molecule has 0 aromatic heterocycles. The summed E-state index contributed by atoms with van der Waals surface area (Å²) in [4.78, 5) is 37.0. The van der Waals surface area contributed by atoms with Crippen LogP contribution in [0.15, 0.2) is 36.5 Å². The number of likely N-dealkylation sites (N-methyl/N-ethyl adjacent to an activating group) is 1. The second kappa shape index (κ2) is 45.1. The average Bonchev–Trinajstić information content (AvgIpc) is 3.23. The molecule has 0 aliphatic rings. The maximum atomic E-state index is 12.8. The molecule has 8 heteroatoms. The van der Waals surface area contributed by atoms with Gasteiger partial charge in [-0.05, 0) is 64.2 Å². The minimum atomic E-state index is -1.12. The van der Waals surface area contributed by atoms with Gasteiger partial charge in [0.25, 0.3) is 0 Å². The molecule has 0 aromatic rings. The fraction of sp³-hybridized carbons (Fsp3) is 0.833. The molecule has 0 saturated carbocycles. The molecule has 2 atom stereocenters. The third kappa shape index (κ3) is 42.8. The number of aliphatic carboxylic acids is 1. The molecule has 0 saturated heterocycles. The van der Waals surface area contributed by atoms with Crippen LogP contribution in [0, 0.1) is 0 Å². The number of unbranched alkanes of at least 4 members (excludes halogenated alkanes) is 28. The van der Waals surface area contributed by atoms with Crippen molar-refractivity contribution in [1.82, 2.24) is 0 Å². The number of carboxylic acids is 1. The number of esters is 2. The van der Waals surface area contributed by atoms with E-state index in [1.54, 1.807) is 21.1 Å². The van der Waals surface area contributed by atoms with Crippen LogP contribution < -0.4 is 5.11 Å². The Morgan fingerprint density at radius 1 is 0.484 bits per heavy atom. The standard InChI is InChI=1S/C54H99NO7/c1-6-8-10-12-14-16-18-20-22-24-26-27-29-31-33-35-37-39-41-43-45-53(57)62-50(48-60-47-46-51(54(58)59)55(3,4)5)49-61-52(56)44-42-40-38-36-34-32-30-28-25-23-21-19-17-15-13-11-9-7-2/h16,18,20,22,28,30,50-51H,6-15,17,19,21,23-27,29,31-49H2,1-5H3/b18-16+,22-20+,30-28+. The molecule has 0 fully saturated rings. The number of hydrogen-bond acceptors (Lipinski definition) is 7. The van der Waals surface area contributed by atoms with Gasteiger partial charge in [0.1, 0.15) is 12.6 Å². The lowest BCUT2D eigenvalue weighted by Crippen LogP contribution is -2.55. The Morgan fingerprint density at radius 2 is 0.855 bits per heavy atom. The number of rotatable bonds is 47. The van der Waals surface area contributed by atoms with Crippen molar-refractivity contribution in [2.75, 3.05) is 41.0 Å². The third-order valence-electron chi connectivity index (χ3n) is 11.8. The summed E-state index contributed by atoms with van der Waals surface area (Å²) < 4.78 is 17.2. The zero-order chi connectivity index (χ0) is 45.6. The van der Waals surface area contributed by atoms with Gasteiger partial charge in [-0.2, -0.15) is 0 Å². The van der Waals surface area contributed by atoms with E-state index in [0.717, 1.165) is 51.4 Å². The molecule has 362 valence electrons. The Labute approximate surface area is 383 Å². The molecule has 0 rings (SSSR count). The lowest BCUT2D eigenvalue weighted by Gasteiger charge is -2.34. The Morgan fingerprint density at radius 3 is 1.27 bits per heavy atom. The van der Waals surface area contributed by atoms with E-state index in [9.17, 15) is 19.5 Å². The van der Waals surface area contributed by atoms with Gasteiger partial charge < -0.3 is 28.6 Å². The molecular weight excluding hydrogens is 775 g/mol. The molecular formula is C54H99NO7. The second-order valence-electron chi connectivity index (χ2n) is 18.8. The molecule has 0 amide bonds. The van der Waals surface area contributed by atoms with Crippen LogP contribution >= 0.6 is 0 Å². The summed E-state index contributed by atoms with van der Waals surface area (Å²) in [7, 11) is 5.42. The highest BCUT2D eigenvalue weighted by Gasteiger charge is 2.25. The summed E-state index contributed by atoms with van der Waals surface area (Å²) in [5.41, 5.74) is 0. The average molecular weight is 874 g/mol. The molecule has 8 nitrogen and oxygen atoms in total. The highest BCUT2D eigenvalue weighted by molar-refractivity contribution is 5.70. The maximum Gasteiger partial charge on any atom is 0.306 e. The molecule has 0 radical (unpaired) electrons. The van der Waals surface area contributed by atoms with E-state index in [4.69, 9.17) is 14.2 Å². The summed E-state index contributed by atoms with van der Waals surface area (Å²) in [6.45, 7) is 4.66. The molecule has 62 heavy (non-hydrogen) atoms. The highest BCUT2D eigenvalue weighted by Crippen LogP contribution is 2.15. The van der Waals surface area contributed by atoms with E-state index in [1.807, 2.05) is 0 Å². The molecule has 0 aliphatic heterocycles. The van der Waals surface area contributed by atoms with Gasteiger partial charge in [-0.25, -0.2) is 0 Å². The first-order valence-corrected chi connectivity index (χ1v) is 26.0. The predicted molar refractivity (Wildman–Crippen MR) is 259 cm³/mol. The number of carboxylic acid groups (broad SMARTS) is 1. The largest absolute Gasteiger partial charge is 0.544 e. The van der Waals surface area contributed by atoms with Crippen LogP contribution in [0.5, 0.6) is 0 Å². The number of allylic oxidation sites excluding steroid dienone is 6. The van der Waals surface area contributed by atoms with Crippen molar-refractivity contribution in [2.45, 2.75) is 251 Å². The van der Waals surface area contributed by atoms with Gasteiger partial charge in [0.15, 0.2) is 6.10 Å². The molecule has 0 N–H and O–H groups in total. The first-order valence-electron chi connectivity index (χ1n) is 26.0.